The molecule has 0 spiro atoms. The Bertz CT molecular complexity index is 789. The molecular weight excluding hydrogens is 316 g/mol. The van der Waals surface area contributed by atoms with Crippen LogP contribution in [0.15, 0.2) is 29.1 Å². The van der Waals surface area contributed by atoms with Crippen molar-refractivity contribution in [1.29, 1.82) is 0 Å². The topological polar surface area (TPSA) is 78.1 Å². The van der Waals surface area contributed by atoms with Crippen LogP contribution in [0.1, 0.15) is 39.5 Å². The molecule has 0 unspecified atom stereocenters. The van der Waals surface area contributed by atoms with Crippen molar-refractivity contribution in [3.8, 4) is 0 Å². The van der Waals surface area contributed by atoms with E-state index in [1.54, 1.807) is 6.07 Å². The van der Waals surface area contributed by atoms with E-state index in [9.17, 15) is 9.59 Å². The lowest BCUT2D eigenvalue weighted by atomic mass is 9.98. The Kier molecular flexibility index (Phi) is 5.36. The number of nitrogens with one attached hydrogen (secondary N) is 2. The van der Waals surface area contributed by atoms with Gasteiger partial charge in [-0.15, -0.1) is 0 Å². The maximum Gasteiger partial charge on any atom is 0.260 e. The number of fused-ring (bicyclic) bond motifs is 1. The first-order valence-electron chi connectivity index (χ1n) is 9.16. The van der Waals surface area contributed by atoms with E-state index in [2.05, 4.69) is 29.1 Å². The van der Waals surface area contributed by atoms with Gasteiger partial charge in [0.05, 0.1) is 10.9 Å². The first-order chi connectivity index (χ1) is 12.1. The lowest BCUT2D eigenvalue weighted by molar-refractivity contribution is -0.136. The van der Waals surface area contributed by atoms with Gasteiger partial charge in [-0.25, -0.2) is 4.98 Å². The van der Waals surface area contributed by atoms with Gasteiger partial charge >= 0.3 is 0 Å². The quantitative estimate of drug-likeness (QED) is 0.876. The molecular formula is C19H26N4O2. The number of likely N-dealkylation sites (tertiary alicyclic amines) is 1. The van der Waals surface area contributed by atoms with Gasteiger partial charge in [-0.05, 0) is 37.8 Å². The van der Waals surface area contributed by atoms with E-state index in [0.717, 1.165) is 38.8 Å². The second-order valence-corrected chi connectivity index (χ2v) is 6.69. The average Bonchev–Trinajstić information content (AvgIpc) is 2.63. The molecule has 6 nitrogen and oxygen atoms in total. The van der Waals surface area contributed by atoms with Crippen molar-refractivity contribution in [3.05, 3.63) is 34.6 Å². The van der Waals surface area contributed by atoms with E-state index in [-0.39, 0.29) is 23.4 Å². The molecule has 134 valence electrons. The number of carbonyl (C=O) groups is 1. The number of rotatable bonds is 5. The Morgan fingerprint density at radius 2 is 1.96 bits per heavy atom. The highest BCUT2D eigenvalue weighted by molar-refractivity contribution is 5.79. The smallest absolute Gasteiger partial charge is 0.260 e. The molecule has 2 aromatic rings. The molecule has 1 saturated heterocycles. The van der Waals surface area contributed by atoms with Crippen molar-refractivity contribution in [2.45, 2.75) is 45.6 Å². The summed E-state index contributed by atoms with van der Waals surface area (Å²) in [7, 11) is 0. The van der Waals surface area contributed by atoms with Crippen LogP contribution in [-0.4, -0.2) is 39.9 Å². The second-order valence-electron chi connectivity index (χ2n) is 6.69. The minimum atomic E-state index is -0.130. The first-order valence-corrected chi connectivity index (χ1v) is 9.16. The van der Waals surface area contributed by atoms with Crippen LogP contribution in [0.5, 0.6) is 0 Å². The molecule has 1 aliphatic heterocycles. The number of carbonyl (C=O) groups excluding carboxylic acids is 1. The standard InChI is InChI=1S/C19H26N4O2/c1-3-13(4-2)18(25)23-11-9-14(10-12-23)20-19-21-16-8-6-5-7-15(16)17(24)22-19/h5-8,13-14H,3-4,9-12H2,1-2H3,(H2,20,21,22,24). The van der Waals surface area contributed by atoms with Gasteiger partial charge in [-0.2, -0.15) is 0 Å². The van der Waals surface area contributed by atoms with Crippen molar-refractivity contribution in [2.24, 2.45) is 5.92 Å². The predicted molar refractivity (Wildman–Crippen MR) is 99.7 cm³/mol. The van der Waals surface area contributed by atoms with Crippen molar-refractivity contribution >= 4 is 22.8 Å². The number of benzene rings is 1. The van der Waals surface area contributed by atoms with Gasteiger partial charge in [0.25, 0.3) is 5.56 Å². The Labute approximate surface area is 147 Å². The molecule has 0 atom stereocenters. The number of nitrogens with zero attached hydrogens (tertiary/aromatic N) is 2. The van der Waals surface area contributed by atoms with Crippen LogP contribution in [-0.2, 0) is 4.79 Å². The summed E-state index contributed by atoms with van der Waals surface area (Å²) < 4.78 is 0. The number of amides is 1. The Hall–Kier alpha value is -2.37. The van der Waals surface area contributed by atoms with Gasteiger partial charge in [-0.1, -0.05) is 26.0 Å². The van der Waals surface area contributed by atoms with Crippen LogP contribution in [0, 0.1) is 5.92 Å². The lowest BCUT2D eigenvalue weighted by Crippen LogP contribution is -2.44. The Morgan fingerprint density at radius 1 is 1.28 bits per heavy atom. The molecule has 1 fully saturated rings. The van der Waals surface area contributed by atoms with Crippen LogP contribution in [0.2, 0.25) is 0 Å². The van der Waals surface area contributed by atoms with Crippen molar-refractivity contribution < 1.29 is 4.79 Å². The SMILES string of the molecule is CCC(CC)C(=O)N1CCC(Nc2nc3ccccc3c(=O)[nH]2)CC1. The van der Waals surface area contributed by atoms with Gasteiger partial charge in [0, 0.05) is 25.0 Å². The molecule has 0 saturated carbocycles. The third kappa shape index (κ3) is 3.83. The van der Waals surface area contributed by atoms with Gasteiger partial charge in [0.2, 0.25) is 11.9 Å². The Balaban J connectivity index is 1.63. The summed E-state index contributed by atoms with van der Waals surface area (Å²) in [6, 6.07) is 7.54. The van der Waals surface area contributed by atoms with E-state index in [1.165, 1.54) is 0 Å². The van der Waals surface area contributed by atoms with Crippen molar-refractivity contribution in [3.63, 3.8) is 0 Å². The lowest BCUT2D eigenvalue weighted by Gasteiger charge is -2.34. The number of anilines is 1. The van der Waals surface area contributed by atoms with Gasteiger partial charge in [0.15, 0.2) is 0 Å². The maximum atomic E-state index is 12.5. The number of aromatic nitrogens is 2. The molecule has 1 aliphatic rings. The zero-order chi connectivity index (χ0) is 17.8. The second kappa shape index (κ2) is 7.68. The van der Waals surface area contributed by atoms with E-state index in [0.29, 0.717) is 16.9 Å². The minimum absolute atomic E-state index is 0.130. The highest BCUT2D eigenvalue weighted by Crippen LogP contribution is 2.19. The fraction of sp³-hybridized carbons (Fsp3) is 0.526. The number of hydrogen-bond acceptors (Lipinski definition) is 4. The van der Waals surface area contributed by atoms with Crippen LogP contribution in [0.4, 0.5) is 5.95 Å². The highest BCUT2D eigenvalue weighted by atomic mass is 16.2. The fourth-order valence-corrected chi connectivity index (χ4v) is 3.49. The van der Waals surface area contributed by atoms with Crippen LogP contribution in [0.3, 0.4) is 0 Å². The summed E-state index contributed by atoms with van der Waals surface area (Å²) in [6.45, 7) is 5.65. The van der Waals surface area contributed by atoms with Gasteiger partial charge in [0.1, 0.15) is 0 Å². The molecule has 1 aromatic heterocycles. The average molecular weight is 342 g/mol. The van der Waals surface area contributed by atoms with Crippen LogP contribution < -0.4 is 10.9 Å². The zero-order valence-corrected chi connectivity index (χ0v) is 14.9. The highest BCUT2D eigenvalue weighted by Gasteiger charge is 2.26. The Morgan fingerprint density at radius 3 is 2.64 bits per heavy atom. The summed E-state index contributed by atoms with van der Waals surface area (Å²) in [5.41, 5.74) is 0.560. The molecule has 25 heavy (non-hydrogen) atoms. The number of aromatic amines is 1. The van der Waals surface area contributed by atoms with E-state index in [4.69, 9.17) is 0 Å². The summed E-state index contributed by atoms with van der Waals surface area (Å²) in [5, 5.41) is 3.92. The molecule has 6 heteroatoms. The molecule has 2 heterocycles. The number of hydrogen-bond donors (Lipinski definition) is 2. The fourth-order valence-electron chi connectivity index (χ4n) is 3.49. The number of para-hydroxylation sites is 1. The third-order valence-electron chi connectivity index (χ3n) is 5.10. The van der Waals surface area contributed by atoms with Gasteiger partial charge < -0.3 is 10.2 Å². The summed E-state index contributed by atoms with van der Waals surface area (Å²) in [6.07, 6.45) is 3.52. The largest absolute Gasteiger partial charge is 0.353 e. The molecule has 0 aliphatic carbocycles. The molecule has 3 rings (SSSR count). The van der Waals surface area contributed by atoms with Crippen molar-refractivity contribution in [2.75, 3.05) is 18.4 Å². The minimum Gasteiger partial charge on any atom is -0.353 e. The van der Waals surface area contributed by atoms with Gasteiger partial charge in [-0.3, -0.25) is 14.6 Å². The summed E-state index contributed by atoms with van der Waals surface area (Å²) in [4.78, 5) is 33.9. The zero-order valence-electron chi connectivity index (χ0n) is 14.9. The molecule has 2 N–H and O–H groups in total. The van der Waals surface area contributed by atoms with E-state index >= 15 is 0 Å². The first kappa shape index (κ1) is 17.5. The molecule has 0 bridgehead atoms. The number of H-pyrrole nitrogens is 1. The molecule has 1 aromatic carbocycles. The molecule has 1 amide bonds. The molecule has 0 radical (unpaired) electrons. The predicted octanol–water partition coefficient (Wildman–Crippen LogP) is 2.76. The van der Waals surface area contributed by atoms with Crippen LogP contribution in [0.25, 0.3) is 10.9 Å². The van der Waals surface area contributed by atoms with E-state index < -0.39 is 0 Å². The third-order valence-corrected chi connectivity index (χ3v) is 5.10. The summed E-state index contributed by atoms with van der Waals surface area (Å²) >= 11 is 0. The van der Waals surface area contributed by atoms with Crippen LogP contribution >= 0.6 is 0 Å². The normalized spacial score (nSPS) is 15.7. The maximum absolute atomic E-state index is 12.5. The van der Waals surface area contributed by atoms with E-state index in [1.807, 2.05) is 23.1 Å². The van der Waals surface area contributed by atoms with Crippen molar-refractivity contribution in [1.82, 2.24) is 14.9 Å². The monoisotopic (exact) mass is 342 g/mol. The summed E-state index contributed by atoms with van der Waals surface area (Å²) in [5.74, 6) is 0.928. The number of piperidine rings is 1.